The minimum Gasteiger partial charge on any atom is -0.508 e. The molecule has 2 N–H and O–H groups in total. The molecule has 1 aromatic heterocycles. The molecule has 4 nitrogen and oxygen atoms in total. The van der Waals surface area contributed by atoms with E-state index in [0.717, 1.165) is 29.8 Å². The lowest BCUT2D eigenvalue weighted by Gasteiger charge is -2.24. The number of nitrogens with zero attached hydrogens (tertiary/aromatic N) is 2. The van der Waals surface area contributed by atoms with Crippen molar-refractivity contribution >= 4 is 0 Å². The minimum atomic E-state index is 0.266. The molecular formula is C24H28N2O2. The Balaban J connectivity index is 1.91. The number of rotatable bonds is 5. The summed E-state index contributed by atoms with van der Waals surface area (Å²) in [5, 5.41) is 24.5. The summed E-state index contributed by atoms with van der Waals surface area (Å²) in [6, 6.07) is 14.7. The molecule has 0 aliphatic heterocycles. The number of hydrogen-bond acceptors (Lipinski definition) is 3. The van der Waals surface area contributed by atoms with Gasteiger partial charge in [-0.1, -0.05) is 32.6 Å². The number of phenolic OH excluding ortho intramolecular Hbond substituents is 2. The van der Waals surface area contributed by atoms with Crippen LogP contribution in [0, 0.1) is 0 Å². The fourth-order valence-electron chi connectivity index (χ4n) is 4.40. The molecule has 4 heteroatoms. The quantitative estimate of drug-likeness (QED) is 0.578. The second-order valence-electron chi connectivity index (χ2n) is 7.77. The summed E-state index contributed by atoms with van der Waals surface area (Å²) in [7, 11) is 0. The third kappa shape index (κ3) is 3.64. The molecule has 0 bridgehead atoms. The van der Waals surface area contributed by atoms with Crippen LogP contribution in [0.1, 0.15) is 62.6 Å². The van der Waals surface area contributed by atoms with Gasteiger partial charge in [0, 0.05) is 17.0 Å². The fourth-order valence-corrected chi connectivity index (χ4v) is 4.40. The Kier molecular flexibility index (Phi) is 5.38. The number of aromatic nitrogens is 2. The summed E-state index contributed by atoms with van der Waals surface area (Å²) in [6.45, 7) is 2.21. The van der Waals surface area contributed by atoms with Crippen LogP contribution in [0.4, 0.5) is 0 Å². The van der Waals surface area contributed by atoms with Crippen LogP contribution in [-0.4, -0.2) is 20.0 Å². The summed E-state index contributed by atoms with van der Waals surface area (Å²) in [5.41, 5.74) is 5.69. The molecule has 2 aromatic carbocycles. The molecule has 28 heavy (non-hydrogen) atoms. The highest BCUT2D eigenvalue weighted by molar-refractivity contribution is 5.66. The summed E-state index contributed by atoms with van der Waals surface area (Å²) < 4.78 is 2.10. The molecule has 0 amide bonds. The number of aromatic hydroxyl groups is 2. The molecule has 4 rings (SSSR count). The lowest BCUT2D eigenvalue weighted by Crippen LogP contribution is -2.12. The first-order valence-electron chi connectivity index (χ1n) is 10.4. The van der Waals surface area contributed by atoms with E-state index in [2.05, 4.69) is 11.6 Å². The van der Waals surface area contributed by atoms with Gasteiger partial charge in [0.1, 0.15) is 11.5 Å². The van der Waals surface area contributed by atoms with Gasteiger partial charge >= 0.3 is 0 Å². The van der Waals surface area contributed by atoms with Crippen LogP contribution in [0.5, 0.6) is 11.5 Å². The van der Waals surface area contributed by atoms with Crippen molar-refractivity contribution in [3.05, 3.63) is 59.8 Å². The Hall–Kier alpha value is -2.75. The largest absolute Gasteiger partial charge is 0.508 e. The van der Waals surface area contributed by atoms with E-state index < -0.39 is 0 Å². The molecule has 146 valence electrons. The van der Waals surface area contributed by atoms with E-state index in [1.54, 1.807) is 24.3 Å². The summed E-state index contributed by atoms with van der Waals surface area (Å²) in [5.74, 6) is 1.05. The summed E-state index contributed by atoms with van der Waals surface area (Å²) in [6.07, 6.45) is 8.31. The lowest BCUT2D eigenvalue weighted by molar-refractivity contribution is 0.427. The van der Waals surface area contributed by atoms with Crippen LogP contribution >= 0.6 is 0 Å². The predicted octanol–water partition coefficient (Wildman–Crippen LogP) is 5.95. The van der Waals surface area contributed by atoms with Crippen LogP contribution in [0.2, 0.25) is 0 Å². The van der Waals surface area contributed by atoms with Crippen molar-refractivity contribution in [3.8, 4) is 28.4 Å². The van der Waals surface area contributed by atoms with E-state index in [0.29, 0.717) is 5.92 Å². The summed E-state index contributed by atoms with van der Waals surface area (Å²) in [4.78, 5) is 0. The first-order chi connectivity index (χ1) is 13.7. The van der Waals surface area contributed by atoms with E-state index in [4.69, 9.17) is 5.10 Å². The SMILES string of the molecule is CCCc1c(-c2ccc(O)cc2)nn(-c2ccc(O)cc2)c1C1CCCCC1. The van der Waals surface area contributed by atoms with Gasteiger partial charge < -0.3 is 10.2 Å². The van der Waals surface area contributed by atoms with Gasteiger partial charge in [-0.15, -0.1) is 0 Å². The number of benzene rings is 2. The zero-order chi connectivity index (χ0) is 19.5. The molecular weight excluding hydrogens is 348 g/mol. The van der Waals surface area contributed by atoms with Crippen molar-refractivity contribution in [1.29, 1.82) is 0 Å². The van der Waals surface area contributed by atoms with Crippen molar-refractivity contribution < 1.29 is 10.2 Å². The van der Waals surface area contributed by atoms with Crippen molar-refractivity contribution in [3.63, 3.8) is 0 Å². The molecule has 1 aliphatic rings. The maximum atomic E-state index is 9.72. The van der Waals surface area contributed by atoms with Gasteiger partial charge in [0.25, 0.3) is 0 Å². The van der Waals surface area contributed by atoms with E-state index in [1.165, 1.54) is 43.4 Å². The van der Waals surface area contributed by atoms with Gasteiger partial charge in [-0.05, 0) is 67.8 Å². The predicted molar refractivity (Wildman–Crippen MR) is 112 cm³/mol. The number of phenols is 2. The van der Waals surface area contributed by atoms with E-state index in [1.807, 2.05) is 24.3 Å². The average molecular weight is 377 g/mol. The lowest BCUT2D eigenvalue weighted by atomic mass is 9.84. The average Bonchev–Trinajstić information content (AvgIpc) is 3.09. The summed E-state index contributed by atoms with van der Waals surface area (Å²) >= 11 is 0. The van der Waals surface area contributed by atoms with E-state index in [9.17, 15) is 10.2 Å². The van der Waals surface area contributed by atoms with Crippen molar-refractivity contribution in [1.82, 2.24) is 9.78 Å². The third-order valence-electron chi connectivity index (χ3n) is 5.75. The third-order valence-corrected chi connectivity index (χ3v) is 5.75. The van der Waals surface area contributed by atoms with Crippen LogP contribution in [0.3, 0.4) is 0 Å². The maximum Gasteiger partial charge on any atom is 0.115 e. The molecule has 0 unspecified atom stereocenters. The van der Waals surface area contributed by atoms with Gasteiger partial charge in [0.05, 0.1) is 17.1 Å². The minimum absolute atomic E-state index is 0.266. The zero-order valence-corrected chi connectivity index (χ0v) is 16.4. The van der Waals surface area contributed by atoms with E-state index >= 15 is 0 Å². The van der Waals surface area contributed by atoms with Gasteiger partial charge in [-0.3, -0.25) is 0 Å². The maximum absolute atomic E-state index is 9.72. The molecule has 0 spiro atoms. The zero-order valence-electron chi connectivity index (χ0n) is 16.4. The Morgan fingerprint density at radius 3 is 2.11 bits per heavy atom. The van der Waals surface area contributed by atoms with Gasteiger partial charge in [0.15, 0.2) is 0 Å². The first-order valence-corrected chi connectivity index (χ1v) is 10.4. The van der Waals surface area contributed by atoms with Crippen molar-refractivity contribution in [2.75, 3.05) is 0 Å². The standard InChI is InChI=1S/C24H28N2O2/c1-2-6-22-23(17-9-13-20(27)14-10-17)25-26(19-11-15-21(28)16-12-19)24(22)18-7-4-3-5-8-18/h9-16,18,27-28H,2-8H2,1H3. The van der Waals surface area contributed by atoms with Crippen LogP contribution in [0.15, 0.2) is 48.5 Å². The monoisotopic (exact) mass is 376 g/mol. The molecule has 0 radical (unpaired) electrons. The second-order valence-corrected chi connectivity index (χ2v) is 7.77. The van der Waals surface area contributed by atoms with Crippen LogP contribution in [0.25, 0.3) is 16.9 Å². The Bertz CT molecular complexity index is 920. The van der Waals surface area contributed by atoms with Crippen molar-refractivity contribution in [2.45, 2.75) is 57.8 Å². The van der Waals surface area contributed by atoms with Crippen LogP contribution < -0.4 is 0 Å². The normalized spacial score (nSPS) is 15.0. The molecule has 1 heterocycles. The Labute approximate surface area is 166 Å². The Morgan fingerprint density at radius 1 is 0.893 bits per heavy atom. The topological polar surface area (TPSA) is 58.3 Å². The first kappa shape index (κ1) is 18.6. The van der Waals surface area contributed by atoms with Gasteiger partial charge in [-0.25, -0.2) is 4.68 Å². The van der Waals surface area contributed by atoms with Gasteiger partial charge in [-0.2, -0.15) is 5.10 Å². The second kappa shape index (κ2) is 8.09. The molecule has 1 aliphatic carbocycles. The molecule has 0 atom stereocenters. The smallest absolute Gasteiger partial charge is 0.115 e. The molecule has 3 aromatic rings. The molecule has 0 saturated heterocycles. The van der Waals surface area contributed by atoms with E-state index in [-0.39, 0.29) is 11.5 Å². The number of hydrogen-bond donors (Lipinski definition) is 2. The van der Waals surface area contributed by atoms with Gasteiger partial charge in [0.2, 0.25) is 0 Å². The van der Waals surface area contributed by atoms with Crippen LogP contribution in [-0.2, 0) is 6.42 Å². The van der Waals surface area contributed by atoms with Crippen molar-refractivity contribution in [2.24, 2.45) is 0 Å². The molecule has 1 fully saturated rings. The fraction of sp³-hybridized carbons (Fsp3) is 0.375. The Morgan fingerprint density at radius 2 is 1.50 bits per heavy atom. The highest BCUT2D eigenvalue weighted by Crippen LogP contribution is 2.40. The highest BCUT2D eigenvalue weighted by Gasteiger charge is 2.27. The highest BCUT2D eigenvalue weighted by atomic mass is 16.3. The molecule has 1 saturated carbocycles.